The van der Waals surface area contributed by atoms with Crippen LogP contribution in [-0.2, 0) is 9.53 Å². The van der Waals surface area contributed by atoms with Gasteiger partial charge in [0.25, 0.3) is 0 Å². The standard InChI is InChI=1S/C7H15NO2/c1-3-4-5-6(10-2)7(8)9/h6H,3-5H2,1-2H3,(H2,8,9)/t6-/m0/s1. The lowest BCUT2D eigenvalue weighted by Gasteiger charge is -2.09. The molecule has 60 valence electrons. The minimum absolute atomic E-state index is 0.365. The summed E-state index contributed by atoms with van der Waals surface area (Å²) in [7, 11) is 1.51. The van der Waals surface area contributed by atoms with Crippen molar-refractivity contribution in [2.75, 3.05) is 7.11 Å². The Balaban J connectivity index is 3.50. The third-order valence-electron chi connectivity index (χ3n) is 1.42. The molecule has 0 saturated heterocycles. The number of hydrogen-bond donors (Lipinski definition) is 1. The summed E-state index contributed by atoms with van der Waals surface area (Å²) in [6, 6.07) is 0. The van der Waals surface area contributed by atoms with Crippen LogP contribution in [0.15, 0.2) is 0 Å². The molecule has 0 aliphatic heterocycles. The second-order valence-electron chi connectivity index (χ2n) is 2.27. The summed E-state index contributed by atoms with van der Waals surface area (Å²) in [5.41, 5.74) is 5.02. The van der Waals surface area contributed by atoms with E-state index >= 15 is 0 Å². The molecule has 0 saturated carbocycles. The second-order valence-corrected chi connectivity index (χ2v) is 2.27. The maximum atomic E-state index is 10.5. The number of hydrogen-bond acceptors (Lipinski definition) is 2. The minimum atomic E-state index is -0.389. The molecule has 1 atom stereocenters. The highest BCUT2D eigenvalue weighted by Crippen LogP contribution is 2.02. The molecule has 1 amide bonds. The van der Waals surface area contributed by atoms with Crippen LogP contribution in [0.4, 0.5) is 0 Å². The SMILES string of the molecule is CCCC[C@H](OC)C(N)=O. The molecule has 3 heteroatoms. The number of methoxy groups -OCH3 is 1. The van der Waals surface area contributed by atoms with Crippen molar-refractivity contribution in [1.82, 2.24) is 0 Å². The molecule has 3 nitrogen and oxygen atoms in total. The van der Waals surface area contributed by atoms with Crippen molar-refractivity contribution in [3.63, 3.8) is 0 Å². The first-order chi connectivity index (χ1) is 4.72. The van der Waals surface area contributed by atoms with Gasteiger partial charge >= 0.3 is 0 Å². The van der Waals surface area contributed by atoms with Gasteiger partial charge in [-0.3, -0.25) is 4.79 Å². The van der Waals surface area contributed by atoms with Crippen molar-refractivity contribution in [3.8, 4) is 0 Å². The van der Waals surface area contributed by atoms with Gasteiger partial charge in [0, 0.05) is 7.11 Å². The third kappa shape index (κ3) is 3.45. The Kier molecular flexibility index (Phi) is 4.94. The summed E-state index contributed by atoms with van der Waals surface area (Å²) < 4.78 is 4.84. The van der Waals surface area contributed by atoms with Crippen molar-refractivity contribution >= 4 is 5.91 Å². The lowest BCUT2D eigenvalue weighted by molar-refractivity contribution is -0.128. The zero-order valence-electron chi connectivity index (χ0n) is 6.59. The summed E-state index contributed by atoms with van der Waals surface area (Å²) in [6.07, 6.45) is 2.40. The number of carbonyl (C=O) groups excluding carboxylic acids is 1. The van der Waals surface area contributed by atoms with Gasteiger partial charge in [-0.25, -0.2) is 0 Å². The van der Waals surface area contributed by atoms with E-state index in [0.29, 0.717) is 0 Å². The largest absolute Gasteiger partial charge is 0.372 e. The highest BCUT2D eigenvalue weighted by molar-refractivity contribution is 5.78. The zero-order chi connectivity index (χ0) is 7.98. The van der Waals surface area contributed by atoms with E-state index < -0.39 is 0 Å². The molecule has 0 fully saturated rings. The Morgan fingerprint density at radius 3 is 2.60 bits per heavy atom. The third-order valence-corrected chi connectivity index (χ3v) is 1.42. The monoisotopic (exact) mass is 145 g/mol. The minimum Gasteiger partial charge on any atom is -0.372 e. The average molecular weight is 145 g/mol. The summed E-state index contributed by atoms with van der Waals surface area (Å²) in [6.45, 7) is 2.06. The van der Waals surface area contributed by atoms with Gasteiger partial charge in [0.15, 0.2) is 0 Å². The van der Waals surface area contributed by atoms with E-state index in [0.717, 1.165) is 19.3 Å². The Morgan fingerprint density at radius 1 is 1.70 bits per heavy atom. The fourth-order valence-electron chi connectivity index (χ4n) is 0.766. The maximum Gasteiger partial charge on any atom is 0.246 e. The molecular formula is C7H15NO2. The predicted molar refractivity (Wildman–Crippen MR) is 39.5 cm³/mol. The Morgan fingerprint density at radius 2 is 2.30 bits per heavy atom. The first-order valence-corrected chi connectivity index (χ1v) is 3.54. The van der Waals surface area contributed by atoms with Crippen molar-refractivity contribution in [2.24, 2.45) is 5.73 Å². The van der Waals surface area contributed by atoms with Crippen molar-refractivity contribution in [1.29, 1.82) is 0 Å². The smallest absolute Gasteiger partial charge is 0.246 e. The predicted octanol–water partition coefficient (Wildman–Crippen LogP) is 0.677. The van der Waals surface area contributed by atoms with Crippen molar-refractivity contribution in [3.05, 3.63) is 0 Å². The summed E-state index contributed by atoms with van der Waals surface area (Å²) in [4.78, 5) is 10.5. The zero-order valence-corrected chi connectivity index (χ0v) is 6.59. The molecule has 0 heterocycles. The van der Waals surface area contributed by atoms with Gasteiger partial charge in [-0.2, -0.15) is 0 Å². The molecule has 0 unspecified atom stereocenters. The van der Waals surface area contributed by atoms with Gasteiger partial charge in [-0.05, 0) is 6.42 Å². The molecule has 0 radical (unpaired) electrons. The van der Waals surface area contributed by atoms with Gasteiger partial charge in [0.1, 0.15) is 6.10 Å². The molecule has 0 aromatic rings. The van der Waals surface area contributed by atoms with Crippen LogP contribution in [0.5, 0.6) is 0 Å². The highest BCUT2D eigenvalue weighted by Gasteiger charge is 2.11. The van der Waals surface area contributed by atoms with Gasteiger partial charge in [0.05, 0.1) is 0 Å². The lowest BCUT2D eigenvalue weighted by Crippen LogP contribution is -2.29. The fourth-order valence-corrected chi connectivity index (χ4v) is 0.766. The van der Waals surface area contributed by atoms with Crippen molar-refractivity contribution in [2.45, 2.75) is 32.3 Å². The molecular weight excluding hydrogens is 130 g/mol. The number of primary amides is 1. The molecule has 2 N–H and O–H groups in total. The lowest BCUT2D eigenvalue weighted by atomic mass is 10.1. The van der Waals surface area contributed by atoms with E-state index in [2.05, 4.69) is 6.92 Å². The van der Waals surface area contributed by atoms with E-state index in [1.165, 1.54) is 7.11 Å². The number of ether oxygens (including phenoxy) is 1. The van der Waals surface area contributed by atoms with E-state index in [9.17, 15) is 4.79 Å². The molecule has 0 aliphatic rings. The first-order valence-electron chi connectivity index (χ1n) is 3.54. The van der Waals surface area contributed by atoms with Gasteiger partial charge in [-0.15, -0.1) is 0 Å². The summed E-state index contributed by atoms with van der Waals surface area (Å²) in [5.74, 6) is -0.365. The number of unbranched alkanes of at least 4 members (excludes halogenated alkanes) is 1. The molecule has 0 aromatic carbocycles. The van der Waals surface area contributed by atoms with Crippen LogP contribution < -0.4 is 5.73 Å². The van der Waals surface area contributed by atoms with E-state index in [4.69, 9.17) is 10.5 Å². The number of rotatable bonds is 5. The van der Waals surface area contributed by atoms with Crippen LogP contribution in [0.25, 0.3) is 0 Å². The van der Waals surface area contributed by atoms with Crippen molar-refractivity contribution < 1.29 is 9.53 Å². The van der Waals surface area contributed by atoms with Crippen LogP contribution in [0.3, 0.4) is 0 Å². The van der Waals surface area contributed by atoms with E-state index in [-0.39, 0.29) is 12.0 Å². The number of carbonyl (C=O) groups is 1. The second kappa shape index (κ2) is 5.23. The summed E-state index contributed by atoms with van der Waals surface area (Å²) >= 11 is 0. The number of amides is 1. The molecule has 10 heavy (non-hydrogen) atoms. The number of nitrogens with two attached hydrogens (primary N) is 1. The van der Waals surface area contributed by atoms with Crippen LogP contribution in [-0.4, -0.2) is 19.1 Å². The Labute approximate surface area is 61.5 Å². The summed E-state index contributed by atoms with van der Waals surface area (Å²) in [5, 5.41) is 0. The van der Waals surface area contributed by atoms with Crippen LogP contribution in [0.1, 0.15) is 26.2 Å². The van der Waals surface area contributed by atoms with Crippen LogP contribution >= 0.6 is 0 Å². The Hall–Kier alpha value is -0.570. The fraction of sp³-hybridized carbons (Fsp3) is 0.857. The van der Waals surface area contributed by atoms with Crippen LogP contribution in [0, 0.1) is 0 Å². The molecule has 0 aliphatic carbocycles. The molecule has 0 rings (SSSR count). The quantitative estimate of drug-likeness (QED) is 0.618. The molecule has 0 aromatic heterocycles. The topological polar surface area (TPSA) is 52.3 Å². The highest BCUT2D eigenvalue weighted by atomic mass is 16.5. The molecule has 0 bridgehead atoms. The average Bonchev–Trinajstić information content (AvgIpc) is 1.89. The Bertz CT molecular complexity index is 104. The van der Waals surface area contributed by atoms with E-state index in [1.807, 2.05) is 0 Å². The maximum absolute atomic E-state index is 10.5. The van der Waals surface area contributed by atoms with Gasteiger partial charge < -0.3 is 10.5 Å². The van der Waals surface area contributed by atoms with Gasteiger partial charge in [0.2, 0.25) is 5.91 Å². The van der Waals surface area contributed by atoms with Crippen LogP contribution in [0.2, 0.25) is 0 Å². The first kappa shape index (κ1) is 9.43. The van der Waals surface area contributed by atoms with E-state index in [1.54, 1.807) is 0 Å². The molecule has 0 spiro atoms. The normalized spacial score (nSPS) is 13.0. The van der Waals surface area contributed by atoms with Gasteiger partial charge in [-0.1, -0.05) is 19.8 Å².